The zero-order valence-corrected chi connectivity index (χ0v) is 21.5. The van der Waals surface area contributed by atoms with Crippen molar-refractivity contribution in [3.8, 4) is 17.2 Å². The first-order valence-corrected chi connectivity index (χ1v) is 12.7. The van der Waals surface area contributed by atoms with E-state index < -0.39 is 5.60 Å². The molecule has 2 aromatic rings. The number of rotatable bonds is 11. The van der Waals surface area contributed by atoms with Gasteiger partial charge in [-0.15, -0.1) is 0 Å². The fourth-order valence-electron chi connectivity index (χ4n) is 4.37. The van der Waals surface area contributed by atoms with Gasteiger partial charge in [-0.3, -0.25) is 4.79 Å². The predicted molar refractivity (Wildman–Crippen MR) is 142 cm³/mol. The first-order chi connectivity index (χ1) is 16.7. The van der Waals surface area contributed by atoms with Crippen LogP contribution in [0.2, 0.25) is 0 Å². The number of hydrogen-bond donors (Lipinski definition) is 3. The molecule has 0 fully saturated rings. The quantitative estimate of drug-likeness (QED) is 0.248. The van der Waals surface area contributed by atoms with Crippen LogP contribution < -0.4 is 10.1 Å². The maximum atomic E-state index is 13.2. The zero-order chi connectivity index (χ0) is 25.4. The molecule has 0 aromatic heterocycles. The molecule has 0 radical (unpaired) electrons. The molecular weight excluding hydrogens is 438 g/mol. The van der Waals surface area contributed by atoms with Crippen LogP contribution in [0.15, 0.2) is 48.1 Å². The number of fused-ring (bicyclic) bond motifs is 1. The summed E-state index contributed by atoms with van der Waals surface area (Å²) in [5.41, 5.74) is 3.56. The molecule has 5 heteroatoms. The van der Waals surface area contributed by atoms with Crippen LogP contribution in [0.25, 0.3) is 6.08 Å². The van der Waals surface area contributed by atoms with Gasteiger partial charge in [0.05, 0.1) is 11.1 Å². The molecule has 0 saturated carbocycles. The number of ether oxygens (including phenoxy) is 1. The van der Waals surface area contributed by atoms with Gasteiger partial charge in [0.1, 0.15) is 22.8 Å². The second kappa shape index (κ2) is 12.0. The smallest absolute Gasteiger partial charge is 0.255 e. The Kier molecular flexibility index (Phi) is 9.02. The number of aromatic hydroxyl groups is 2. The van der Waals surface area contributed by atoms with Crippen LogP contribution in [-0.2, 0) is 12.8 Å². The normalized spacial score (nSPS) is 16.3. The maximum Gasteiger partial charge on any atom is 0.255 e. The third kappa shape index (κ3) is 7.14. The Morgan fingerprint density at radius 2 is 1.86 bits per heavy atom. The van der Waals surface area contributed by atoms with E-state index >= 15 is 0 Å². The molecule has 5 nitrogen and oxygen atoms in total. The van der Waals surface area contributed by atoms with Crippen molar-refractivity contribution in [2.45, 2.75) is 78.2 Å². The first kappa shape index (κ1) is 26.4. The van der Waals surface area contributed by atoms with Gasteiger partial charge in [-0.25, -0.2) is 0 Å². The Morgan fingerprint density at radius 3 is 2.54 bits per heavy atom. The predicted octanol–water partition coefficient (Wildman–Crippen LogP) is 6.71. The second-order valence-electron chi connectivity index (χ2n) is 9.87. The number of allylic oxidation sites excluding steroid dienone is 2. The Labute approximate surface area is 209 Å². The zero-order valence-electron chi connectivity index (χ0n) is 21.5. The minimum absolute atomic E-state index is 0.0151. The Morgan fingerprint density at radius 1 is 1.11 bits per heavy atom. The molecule has 35 heavy (non-hydrogen) atoms. The van der Waals surface area contributed by atoms with Gasteiger partial charge in [-0.05, 0) is 94.4 Å². The number of carbonyl (C=O) groups is 1. The highest BCUT2D eigenvalue weighted by Crippen LogP contribution is 2.42. The molecule has 1 aliphatic heterocycles. The first-order valence-electron chi connectivity index (χ1n) is 12.7. The van der Waals surface area contributed by atoms with Crippen LogP contribution in [-0.4, -0.2) is 28.3 Å². The molecule has 3 rings (SSSR count). The van der Waals surface area contributed by atoms with Crippen LogP contribution in [0, 0.1) is 0 Å². The topological polar surface area (TPSA) is 78.8 Å². The standard InChI is InChI=1S/C30H39NO4/c1-5-6-7-10-23-20-26-25(15-18-30(4,35-26)17-8-9-21(2)3)28(33)27(23)29(34)31-19-16-22-11-13-24(32)14-12-22/h9,11-15,18,20,32-33H,5-8,10,16-17,19H2,1-4H3,(H,31,34). The van der Waals surface area contributed by atoms with E-state index in [-0.39, 0.29) is 17.4 Å². The second-order valence-corrected chi connectivity index (χ2v) is 9.87. The molecule has 0 aliphatic carbocycles. The van der Waals surface area contributed by atoms with E-state index in [2.05, 4.69) is 39.1 Å². The van der Waals surface area contributed by atoms with Gasteiger partial charge in [-0.1, -0.05) is 43.5 Å². The van der Waals surface area contributed by atoms with Crippen molar-refractivity contribution in [1.29, 1.82) is 0 Å². The van der Waals surface area contributed by atoms with Gasteiger partial charge in [0.25, 0.3) is 5.91 Å². The fourth-order valence-corrected chi connectivity index (χ4v) is 4.37. The van der Waals surface area contributed by atoms with E-state index in [4.69, 9.17) is 4.74 Å². The van der Waals surface area contributed by atoms with Crippen molar-refractivity contribution in [2.24, 2.45) is 0 Å². The summed E-state index contributed by atoms with van der Waals surface area (Å²) >= 11 is 0. The van der Waals surface area contributed by atoms with Crippen molar-refractivity contribution in [2.75, 3.05) is 6.54 Å². The number of aryl methyl sites for hydroxylation is 1. The van der Waals surface area contributed by atoms with E-state index in [1.54, 1.807) is 12.1 Å². The molecular formula is C30H39NO4. The summed E-state index contributed by atoms with van der Waals surface area (Å²) in [5.74, 6) is 0.563. The average molecular weight is 478 g/mol. The van der Waals surface area contributed by atoms with Gasteiger partial charge >= 0.3 is 0 Å². The van der Waals surface area contributed by atoms with Crippen LogP contribution in [0.5, 0.6) is 17.2 Å². The molecule has 1 unspecified atom stereocenters. The Balaban J connectivity index is 1.81. The summed E-state index contributed by atoms with van der Waals surface area (Å²) in [6.07, 6.45) is 12.2. The highest BCUT2D eigenvalue weighted by molar-refractivity contribution is 6.00. The van der Waals surface area contributed by atoms with Crippen molar-refractivity contribution >= 4 is 12.0 Å². The molecule has 1 amide bonds. The SMILES string of the molecule is CCCCCc1cc2c(c(O)c1C(=O)NCCc1ccc(O)cc1)C=CC(C)(CCC=C(C)C)O2. The van der Waals surface area contributed by atoms with Gasteiger partial charge in [0.15, 0.2) is 0 Å². The lowest BCUT2D eigenvalue weighted by molar-refractivity contribution is 0.0950. The third-order valence-corrected chi connectivity index (χ3v) is 6.44. The summed E-state index contributed by atoms with van der Waals surface area (Å²) in [7, 11) is 0. The van der Waals surface area contributed by atoms with Gasteiger partial charge in [0.2, 0.25) is 0 Å². The minimum Gasteiger partial charge on any atom is -0.508 e. The molecule has 1 atom stereocenters. The number of amides is 1. The summed E-state index contributed by atoms with van der Waals surface area (Å²) < 4.78 is 6.38. The van der Waals surface area contributed by atoms with Gasteiger partial charge in [-0.2, -0.15) is 0 Å². The van der Waals surface area contributed by atoms with Crippen LogP contribution in [0.1, 0.15) is 86.8 Å². The highest BCUT2D eigenvalue weighted by atomic mass is 16.5. The molecule has 0 bridgehead atoms. The number of unbranched alkanes of at least 4 members (excludes halogenated alkanes) is 2. The molecule has 1 aliphatic rings. The maximum absolute atomic E-state index is 13.2. The number of carbonyl (C=O) groups excluding carboxylic acids is 1. The van der Waals surface area contributed by atoms with Crippen molar-refractivity contribution in [1.82, 2.24) is 5.32 Å². The van der Waals surface area contributed by atoms with E-state index in [0.717, 1.165) is 43.2 Å². The van der Waals surface area contributed by atoms with E-state index in [9.17, 15) is 15.0 Å². The lowest BCUT2D eigenvalue weighted by Crippen LogP contribution is -2.32. The van der Waals surface area contributed by atoms with E-state index in [0.29, 0.717) is 36.3 Å². The van der Waals surface area contributed by atoms with Crippen LogP contribution in [0.4, 0.5) is 0 Å². The number of nitrogens with one attached hydrogen (secondary N) is 1. The summed E-state index contributed by atoms with van der Waals surface area (Å²) in [4.78, 5) is 13.2. The highest BCUT2D eigenvalue weighted by Gasteiger charge is 2.31. The number of benzene rings is 2. The summed E-state index contributed by atoms with van der Waals surface area (Å²) in [6.45, 7) is 8.82. The molecule has 188 valence electrons. The minimum atomic E-state index is -0.458. The molecule has 0 saturated heterocycles. The number of hydrogen-bond acceptors (Lipinski definition) is 4. The number of phenols is 2. The van der Waals surface area contributed by atoms with Crippen LogP contribution in [0.3, 0.4) is 0 Å². The van der Waals surface area contributed by atoms with Gasteiger partial charge < -0.3 is 20.3 Å². The lowest BCUT2D eigenvalue weighted by atomic mass is 9.91. The Hall–Kier alpha value is -3.21. The molecule has 1 heterocycles. The monoisotopic (exact) mass is 477 g/mol. The van der Waals surface area contributed by atoms with E-state index in [1.807, 2.05) is 30.4 Å². The van der Waals surface area contributed by atoms with Crippen LogP contribution >= 0.6 is 0 Å². The van der Waals surface area contributed by atoms with Crippen molar-refractivity contribution in [3.63, 3.8) is 0 Å². The lowest BCUT2D eigenvalue weighted by Gasteiger charge is -2.32. The number of phenolic OH excluding ortho intramolecular Hbond substituents is 2. The molecule has 0 spiro atoms. The third-order valence-electron chi connectivity index (χ3n) is 6.44. The summed E-state index contributed by atoms with van der Waals surface area (Å²) in [5, 5.41) is 23.6. The largest absolute Gasteiger partial charge is 0.508 e. The average Bonchev–Trinajstić information content (AvgIpc) is 2.80. The molecule has 2 aromatic carbocycles. The Bertz CT molecular complexity index is 1080. The fraction of sp³-hybridized carbons (Fsp3) is 0.433. The summed E-state index contributed by atoms with van der Waals surface area (Å²) in [6, 6.07) is 8.90. The van der Waals surface area contributed by atoms with Crippen molar-refractivity contribution < 1.29 is 19.7 Å². The van der Waals surface area contributed by atoms with Gasteiger partial charge in [0, 0.05) is 6.54 Å². The molecule has 3 N–H and O–H groups in total. The van der Waals surface area contributed by atoms with E-state index in [1.165, 1.54) is 5.57 Å². The van der Waals surface area contributed by atoms with Crippen molar-refractivity contribution in [3.05, 3.63) is 70.3 Å².